The maximum Gasteiger partial charge on any atom is 0.433 e. The first-order valence-corrected chi connectivity index (χ1v) is 23.1. The Morgan fingerprint density at radius 1 is 0.427 bits per heavy atom. The van der Waals surface area contributed by atoms with Crippen LogP contribution in [0.3, 0.4) is 0 Å². The van der Waals surface area contributed by atoms with E-state index < -0.39 is 53.3 Å². The number of ether oxygens (including phenoxy) is 3. The second-order valence-electron chi connectivity index (χ2n) is 16.7. The van der Waals surface area contributed by atoms with Gasteiger partial charge in [-0.1, -0.05) is 36.4 Å². The molecule has 0 spiro atoms. The Morgan fingerprint density at radius 3 is 1.04 bits per heavy atom. The maximum atomic E-state index is 12.7. The molecule has 3 aromatic heterocycles. The molecule has 6 heterocycles. The van der Waals surface area contributed by atoms with Crippen molar-refractivity contribution in [3.05, 3.63) is 178 Å². The molecule has 15 nitrogen and oxygen atoms in total. The summed E-state index contributed by atoms with van der Waals surface area (Å²) in [5, 5.41) is 17.5. The van der Waals surface area contributed by atoms with Crippen LogP contribution in [0.25, 0.3) is 0 Å². The average molecular weight is 1050 g/mol. The van der Waals surface area contributed by atoms with Crippen LogP contribution in [0.5, 0.6) is 0 Å². The van der Waals surface area contributed by atoms with Gasteiger partial charge in [-0.25, -0.2) is 0 Å². The number of aromatic nitrogens is 3. The van der Waals surface area contributed by atoms with Gasteiger partial charge in [0.15, 0.2) is 0 Å². The van der Waals surface area contributed by atoms with Crippen molar-refractivity contribution < 1.29 is 68.1 Å². The van der Waals surface area contributed by atoms with Crippen molar-refractivity contribution in [2.24, 2.45) is 0 Å². The average Bonchev–Trinajstić information content (AvgIpc) is 3.42. The monoisotopic (exact) mass is 1050 g/mol. The minimum atomic E-state index is -4.59. The van der Waals surface area contributed by atoms with Crippen LogP contribution in [-0.4, -0.2) is 91.8 Å². The summed E-state index contributed by atoms with van der Waals surface area (Å²) in [5.41, 5.74) is 1.34. The van der Waals surface area contributed by atoms with E-state index in [9.17, 15) is 53.9 Å². The SMILES string of the molecule is O=C(Nc1ccc(C2CNCCO2)cc1)c1ccnc(C(F)(F)F)c1.O=C(Nc1ccc([C@@H]2CNCCO2)cc1)c1ccc(C(F)(F)F)nc1.O=C(Nc1ccc([C@H]2CNCCO2)cc1)c1ccc(C(F)(F)F)nc1. The highest BCUT2D eigenvalue weighted by Crippen LogP contribution is 2.31. The highest BCUT2D eigenvalue weighted by Gasteiger charge is 2.34. The zero-order chi connectivity index (χ0) is 53.6. The van der Waals surface area contributed by atoms with Gasteiger partial charge in [-0.3, -0.25) is 29.3 Å². The number of nitrogens with zero attached hydrogens (tertiary/aromatic N) is 3. The molecule has 3 atom stereocenters. The van der Waals surface area contributed by atoms with E-state index >= 15 is 0 Å². The van der Waals surface area contributed by atoms with E-state index in [4.69, 9.17) is 14.2 Å². The third kappa shape index (κ3) is 16.3. The van der Waals surface area contributed by atoms with E-state index in [1.807, 2.05) is 36.4 Å². The molecule has 3 saturated heterocycles. The third-order valence-corrected chi connectivity index (χ3v) is 11.3. The van der Waals surface area contributed by atoms with E-state index in [2.05, 4.69) is 46.9 Å². The normalized spacial score (nSPS) is 18.0. The van der Waals surface area contributed by atoms with Gasteiger partial charge in [0.05, 0.1) is 49.3 Å². The molecule has 0 radical (unpaired) electrons. The molecule has 3 aliphatic rings. The topological polar surface area (TPSA) is 190 Å². The van der Waals surface area contributed by atoms with Gasteiger partial charge in [-0.15, -0.1) is 0 Å². The molecular formula is C51H48F9N9O6. The summed E-state index contributed by atoms with van der Waals surface area (Å²) in [7, 11) is 0. The number of hydrogen-bond acceptors (Lipinski definition) is 12. The predicted octanol–water partition coefficient (Wildman–Crippen LogP) is 9.04. The maximum absolute atomic E-state index is 12.7. The largest absolute Gasteiger partial charge is 0.433 e. The van der Waals surface area contributed by atoms with E-state index in [1.54, 1.807) is 36.4 Å². The molecule has 0 saturated carbocycles. The van der Waals surface area contributed by atoms with Gasteiger partial charge >= 0.3 is 18.5 Å². The molecule has 6 N–H and O–H groups in total. The van der Waals surface area contributed by atoms with E-state index in [1.165, 1.54) is 6.07 Å². The first-order chi connectivity index (χ1) is 35.8. The molecule has 3 aliphatic heterocycles. The number of morpholine rings is 3. The van der Waals surface area contributed by atoms with Crippen molar-refractivity contribution in [2.75, 3.05) is 75.0 Å². The Morgan fingerprint density at radius 2 is 0.760 bits per heavy atom. The number of alkyl halides is 9. The quantitative estimate of drug-likeness (QED) is 0.0755. The van der Waals surface area contributed by atoms with Gasteiger partial charge in [0.1, 0.15) is 17.1 Å². The van der Waals surface area contributed by atoms with Crippen molar-refractivity contribution in [3.63, 3.8) is 0 Å². The van der Waals surface area contributed by atoms with Crippen LogP contribution in [0, 0.1) is 0 Å². The molecule has 0 bridgehead atoms. The zero-order valence-corrected chi connectivity index (χ0v) is 39.4. The number of hydrogen-bond donors (Lipinski definition) is 6. The van der Waals surface area contributed by atoms with Crippen LogP contribution in [0.1, 0.15) is 83.2 Å². The van der Waals surface area contributed by atoms with Crippen molar-refractivity contribution in [3.8, 4) is 0 Å². The molecule has 75 heavy (non-hydrogen) atoms. The number of benzene rings is 3. The highest BCUT2D eigenvalue weighted by molar-refractivity contribution is 6.05. The molecule has 6 aromatic rings. The number of anilines is 3. The van der Waals surface area contributed by atoms with E-state index in [0.717, 1.165) is 98.3 Å². The zero-order valence-electron chi connectivity index (χ0n) is 39.4. The number of halogens is 9. The first-order valence-electron chi connectivity index (χ1n) is 23.1. The van der Waals surface area contributed by atoms with Gasteiger partial charge in [0.2, 0.25) is 0 Å². The first kappa shape index (κ1) is 55.4. The van der Waals surface area contributed by atoms with Crippen LogP contribution >= 0.6 is 0 Å². The fraction of sp³-hybridized carbons (Fsp3) is 0.294. The Kier molecular flexibility index (Phi) is 18.7. The lowest BCUT2D eigenvalue weighted by Crippen LogP contribution is -2.33. The number of nitrogens with one attached hydrogen (secondary N) is 6. The standard InChI is InChI=1S/3C17H16F3N3O2/c2*18-17(19,20)15-6-3-12(9-22-15)16(24)23-13-4-1-11(2-5-13)14-10-21-7-8-25-14;18-17(19,20)15-9-12(5-6-22-15)16(24)23-13-3-1-11(2-4-13)14-10-21-7-8-25-14/h3*1-6,9,14,21H,7-8,10H2,(H,23,24)/t2*14-;/m10./s1. The second-order valence-corrected chi connectivity index (χ2v) is 16.7. The molecule has 0 aliphatic carbocycles. The molecule has 3 aromatic carbocycles. The molecule has 396 valence electrons. The molecule has 3 amide bonds. The van der Waals surface area contributed by atoms with Crippen LogP contribution in [-0.2, 0) is 32.7 Å². The summed E-state index contributed by atoms with van der Waals surface area (Å²) in [6.45, 7) is 6.55. The highest BCUT2D eigenvalue weighted by atomic mass is 19.4. The van der Waals surface area contributed by atoms with Crippen molar-refractivity contribution >= 4 is 34.8 Å². The molecule has 1 unspecified atom stereocenters. The number of rotatable bonds is 9. The van der Waals surface area contributed by atoms with Gasteiger partial charge in [0.25, 0.3) is 17.7 Å². The number of pyridine rings is 3. The van der Waals surface area contributed by atoms with Gasteiger partial charge in [-0.2, -0.15) is 39.5 Å². The van der Waals surface area contributed by atoms with Gasteiger partial charge < -0.3 is 46.1 Å². The summed E-state index contributed by atoms with van der Waals surface area (Å²) in [6.07, 6.45) is -11.0. The van der Waals surface area contributed by atoms with E-state index in [-0.39, 0.29) is 35.0 Å². The fourth-order valence-electron chi connectivity index (χ4n) is 7.41. The molecule has 9 rings (SSSR count). The lowest BCUT2D eigenvalue weighted by Gasteiger charge is -2.24. The summed E-state index contributed by atoms with van der Waals surface area (Å²) in [4.78, 5) is 46.1. The Labute approximate surface area is 423 Å². The van der Waals surface area contributed by atoms with Crippen LogP contribution in [0.4, 0.5) is 56.6 Å². The molecule has 3 fully saturated rings. The smallest absolute Gasteiger partial charge is 0.371 e. The lowest BCUT2D eigenvalue weighted by molar-refractivity contribution is -0.142. The summed E-state index contributed by atoms with van der Waals surface area (Å²) in [5.74, 6) is -1.68. The van der Waals surface area contributed by atoms with Crippen molar-refractivity contribution in [1.29, 1.82) is 0 Å². The van der Waals surface area contributed by atoms with E-state index in [0.29, 0.717) is 43.4 Å². The number of amides is 3. The minimum absolute atomic E-state index is 0.0300. The number of carbonyl (C=O) groups is 3. The predicted molar refractivity (Wildman–Crippen MR) is 256 cm³/mol. The van der Waals surface area contributed by atoms with Crippen molar-refractivity contribution in [1.82, 2.24) is 30.9 Å². The Bertz CT molecular complexity index is 2670. The second kappa shape index (κ2) is 25.3. The summed E-state index contributed by atoms with van der Waals surface area (Å²) >= 11 is 0. The van der Waals surface area contributed by atoms with Crippen LogP contribution in [0.15, 0.2) is 128 Å². The van der Waals surface area contributed by atoms with Crippen LogP contribution < -0.4 is 31.9 Å². The Hall–Kier alpha value is -7.35. The summed E-state index contributed by atoms with van der Waals surface area (Å²) in [6, 6.07) is 27.0. The lowest BCUT2D eigenvalue weighted by atomic mass is 10.1. The van der Waals surface area contributed by atoms with Gasteiger partial charge in [0, 0.05) is 80.5 Å². The Balaban J connectivity index is 0.000000164. The molecule has 24 heteroatoms. The van der Waals surface area contributed by atoms with Crippen LogP contribution in [0.2, 0.25) is 0 Å². The third-order valence-electron chi connectivity index (χ3n) is 11.3. The van der Waals surface area contributed by atoms with Crippen molar-refractivity contribution in [2.45, 2.75) is 36.8 Å². The number of carbonyl (C=O) groups excluding carboxylic acids is 3. The van der Waals surface area contributed by atoms with Gasteiger partial charge in [-0.05, 0) is 89.5 Å². The minimum Gasteiger partial charge on any atom is -0.371 e. The summed E-state index contributed by atoms with van der Waals surface area (Å²) < 4.78 is 130. The fourth-order valence-corrected chi connectivity index (χ4v) is 7.41. The molecular weight excluding hydrogens is 1010 g/mol.